The number of benzene rings is 2. The summed E-state index contributed by atoms with van der Waals surface area (Å²) in [6.45, 7) is -1.31. The molecule has 0 spiro atoms. The lowest BCUT2D eigenvalue weighted by Crippen LogP contribution is -2.64. The van der Waals surface area contributed by atoms with E-state index >= 15 is 0 Å². The van der Waals surface area contributed by atoms with Crippen LogP contribution in [-0.2, 0) is 14.2 Å². The number of rotatable bonds is 6. The highest BCUT2D eigenvalue weighted by Gasteiger charge is 2.50. The molecule has 2 fully saturated rings. The third kappa shape index (κ3) is 5.31. The monoisotopic (exact) mass is 596 g/mol. The van der Waals surface area contributed by atoms with Crippen LogP contribution in [0, 0.1) is 0 Å². The van der Waals surface area contributed by atoms with Gasteiger partial charge >= 0.3 is 0 Å². The summed E-state index contributed by atoms with van der Waals surface area (Å²) in [5, 5.41) is 101. The van der Waals surface area contributed by atoms with Crippen molar-refractivity contribution in [3.63, 3.8) is 0 Å². The van der Waals surface area contributed by atoms with Gasteiger partial charge in [-0.25, -0.2) is 0 Å². The Kier molecular flexibility index (Phi) is 8.17. The quantitative estimate of drug-likeness (QED) is 0.137. The van der Waals surface area contributed by atoms with Gasteiger partial charge in [0.1, 0.15) is 59.1 Å². The minimum absolute atomic E-state index is 0.0437. The van der Waals surface area contributed by atoms with E-state index in [1.165, 1.54) is 6.07 Å². The van der Waals surface area contributed by atoms with E-state index in [1.807, 2.05) is 0 Å². The van der Waals surface area contributed by atoms with E-state index in [0.717, 1.165) is 24.3 Å². The van der Waals surface area contributed by atoms with Gasteiger partial charge in [-0.2, -0.15) is 0 Å². The molecule has 0 bridgehead atoms. The predicted octanol–water partition coefficient (Wildman–Crippen LogP) is -2.08. The number of aliphatic hydroxyl groups excluding tert-OH is 6. The summed E-state index contributed by atoms with van der Waals surface area (Å²) in [5.41, 5.74) is -1.38. The van der Waals surface area contributed by atoms with E-state index in [-0.39, 0.29) is 11.1 Å². The molecule has 9 atom stereocenters. The van der Waals surface area contributed by atoms with Crippen LogP contribution < -0.4 is 10.2 Å². The summed E-state index contributed by atoms with van der Waals surface area (Å²) in [7, 11) is 0. The smallest absolute Gasteiger partial charge is 0.239 e. The van der Waals surface area contributed by atoms with Crippen LogP contribution in [0.1, 0.15) is 0 Å². The van der Waals surface area contributed by atoms with Gasteiger partial charge in [-0.1, -0.05) is 0 Å². The van der Waals surface area contributed by atoms with Crippen molar-refractivity contribution in [1.82, 2.24) is 0 Å². The van der Waals surface area contributed by atoms with E-state index < -0.39 is 114 Å². The lowest BCUT2D eigenvalue weighted by atomic mass is 9.98. The third-order valence-electron chi connectivity index (χ3n) is 6.96. The molecule has 3 aromatic rings. The SMILES string of the molecule is O=c1c(O[C@@H]2OC(CO)[C@H](O)C(O)C2O[C@@H]2OC[C@@H](O)C(O)[C@H]2O)c(-c2ccc(O)c(O)c2)oc2cc(O)cc(O)c12. The molecule has 3 heterocycles. The topological polar surface area (TPSA) is 269 Å². The van der Waals surface area contributed by atoms with E-state index in [1.54, 1.807) is 0 Å². The Bertz CT molecular complexity index is 1510. The number of phenolic OH excluding ortho intramolecular Hbond substituents is 4. The van der Waals surface area contributed by atoms with Crippen LogP contribution in [0.5, 0.6) is 28.7 Å². The number of fused-ring (bicyclic) bond motifs is 1. The number of ether oxygens (including phenoxy) is 4. The number of hydrogen-bond acceptors (Lipinski definition) is 16. The fraction of sp³-hybridized carbons (Fsp3) is 0.423. The second-order valence-corrected chi connectivity index (χ2v) is 9.81. The van der Waals surface area contributed by atoms with Gasteiger partial charge in [-0.3, -0.25) is 4.79 Å². The molecule has 42 heavy (non-hydrogen) atoms. The van der Waals surface area contributed by atoms with Crippen molar-refractivity contribution in [3.05, 3.63) is 40.6 Å². The maximum Gasteiger partial charge on any atom is 0.239 e. The maximum absolute atomic E-state index is 13.7. The first-order valence-electron chi connectivity index (χ1n) is 12.6. The maximum atomic E-state index is 13.7. The number of hydrogen-bond donors (Lipinski definition) is 10. The van der Waals surface area contributed by atoms with E-state index in [0.29, 0.717) is 0 Å². The van der Waals surface area contributed by atoms with Crippen LogP contribution in [0.15, 0.2) is 39.5 Å². The lowest BCUT2D eigenvalue weighted by Gasteiger charge is -2.44. The molecule has 2 aliphatic rings. The first-order valence-corrected chi connectivity index (χ1v) is 12.6. The summed E-state index contributed by atoms with van der Waals surface area (Å²) < 4.78 is 28.0. The molecule has 5 rings (SSSR count). The molecular formula is C26H28O16. The van der Waals surface area contributed by atoms with Crippen molar-refractivity contribution in [2.75, 3.05) is 13.2 Å². The van der Waals surface area contributed by atoms with E-state index in [4.69, 9.17) is 23.4 Å². The van der Waals surface area contributed by atoms with Crippen molar-refractivity contribution < 1.29 is 74.4 Å². The van der Waals surface area contributed by atoms with Gasteiger partial charge in [-0.15, -0.1) is 0 Å². The summed E-state index contributed by atoms with van der Waals surface area (Å²) in [4.78, 5) is 13.7. The highest BCUT2D eigenvalue weighted by Crippen LogP contribution is 2.40. The third-order valence-corrected chi connectivity index (χ3v) is 6.96. The number of aliphatic hydroxyl groups is 6. The average Bonchev–Trinajstić information content (AvgIpc) is 2.94. The Morgan fingerprint density at radius 2 is 1.57 bits per heavy atom. The normalized spacial score (nSPS) is 31.7. The molecule has 4 unspecified atom stereocenters. The Hall–Kier alpha value is -3.71. The summed E-state index contributed by atoms with van der Waals surface area (Å²) >= 11 is 0. The standard InChI is InChI=1S/C26H28O16/c27-6-15-18(34)20(36)24(42-25-21(37)17(33)13(32)7-38-25)26(40-15)41-23-19(35)16-12(31)4-9(28)5-14(16)39-22(23)8-1-2-10(29)11(30)3-8/h1-5,13,15,17-18,20-21,24-34,36-37H,6-7H2/t13-,15?,17?,18+,20?,21-,24?,25+,26+/m1/s1. The highest BCUT2D eigenvalue weighted by molar-refractivity contribution is 5.88. The summed E-state index contributed by atoms with van der Waals surface area (Å²) in [5.74, 6) is -3.39. The molecule has 16 nitrogen and oxygen atoms in total. The van der Waals surface area contributed by atoms with E-state index in [9.17, 15) is 55.9 Å². The van der Waals surface area contributed by atoms with Gasteiger partial charge in [0.2, 0.25) is 17.5 Å². The van der Waals surface area contributed by atoms with Gasteiger partial charge in [0.15, 0.2) is 29.7 Å². The van der Waals surface area contributed by atoms with Crippen LogP contribution in [0.25, 0.3) is 22.3 Å². The molecule has 1 aromatic heterocycles. The average molecular weight is 596 g/mol. The molecule has 2 aromatic carbocycles. The molecule has 2 aliphatic heterocycles. The second kappa shape index (κ2) is 11.5. The largest absolute Gasteiger partial charge is 0.508 e. The predicted molar refractivity (Wildman–Crippen MR) is 136 cm³/mol. The molecular weight excluding hydrogens is 568 g/mol. The first-order chi connectivity index (χ1) is 19.9. The van der Waals surface area contributed by atoms with Crippen LogP contribution >= 0.6 is 0 Å². The van der Waals surface area contributed by atoms with Crippen molar-refractivity contribution in [2.24, 2.45) is 0 Å². The molecule has 0 amide bonds. The van der Waals surface area contributed by atoms with Crippen LogP contribution in [-0.4, -0.2) is 120 Å². The van der Waals surface area contributed by atoms with Gasteiger partial charge < -0.3 is 74.4 Å². The molecule has 0 saturated carbocycles. The van der Waals surface area contributed by atoms with Crippen molar-refractivity contribution >= 4 is 11.0 Å². The minimum atomic E-state index is -1.90. The van der Waals surface area contributed by atoms with Crippen molar-refractivity contribution in [1.29, 1.82) is 0 Å². The fourth-order valence-electron chi connectivity index (χ4n) is 4.70. The Balaban J connectivity index is 1.62. The zero-order valence-electron chi connectivity index (χ0n) is 21.4. The van der Waals surface area contributed by atoms with Crippen molar-refractivity contribution in [2.45, 2.75) is 55.3 Å². The van der Waals surface area contributed by atoms with Crippen LogP contribution in [0.3, 0.4) is 0 Å². The minimum Gasteiger partial charge on any atom is -0.508 e. The molecule has 10 N–H and O–H groups in total. The molecule has 0 aliphatic carbocycles. The van der Waals surface area contributed by atoms with Gasteiger partial charge in [0, 0.05) is 17.7 Å². The van der Waals surface area contributed by atoms with Crippen LogP contribution in [0.2, 0.25) is 0 Å². The lowest BCUT2D eigenvalue weighted by molar-refractivity contribution is -0.345. The Morgan fingerprint density at radius 1 is 0.833 bits per heavy atom. The van der Waals surface area contributed by atoms with Gasteiger partial charge in [0.25, 0.3) is 0 Å². The fourth-order valence-corrected chi connectivity index (χ4v) is 4.70. The first kappa shape index (κ1) is 29.8. The Morgan fingerprint density at radius 3 is 2.26 bits per heavy atom. The molecule has 228 valence electrons. The van der Waals surface area contributed by atoms with Crippen LogP contribution in [0.4, 0.5) is 0 Å². The van der Waals surface area contributed by atoms with Gasteiger partial charge in [0.05, 0.1) is 13.2 Å². The van der Waals surface area contributed by atoms with Crippen molar-refractivity contribution in [3.8, 4) is 40.1 Å². The van der Waals surface area contributed by atoms with E-state index in [2.05, 4.69) is 0 Å². The summed E-state index contributed by atoms with van der Waals surface area (Å²) in [6.07, 6.45) is -15.5. The molecule has 2 saturated heterocycles. The zero-order valence-corrected chi connectivity index (χ0v) is 21.4. The second-order valence-electron chi connectivity index (χ2n) is 9.81. The number of phenols is 4. The number of aromatic hydroxyl groups is 4. The highest BCUT2D eigenvalue weighted by atomic mass is 16.8. The summed E-state index contributed by atoms with van der Waals surface area (Å²) in [6, 6.07) is 5.21. The Labute approximate surface area is 235 Å². The van der Waals surface area contributed by atoms with Gasteiger partial charge in [-0.05, 0) is 18.2 Å². The molecule has 16 heteroatoms. The zero-order chi connectivity index (χ0) is 30.5. The molecule has 0 radical (unpaired) electrons.